The molecule has 0 aliphatic carbocycles. The molecule has 0 amide bonds. The van der Waals surface area contributed by atoms with Crippen LogP contribution in [0.4, 0.5) is 0 Å². The van der Waals surface area contributed by atoms with E-state index in [1.807, 2.05) is 30.5 Å². The summed E-state index contributed by atoms with van der Waals surface area (Å²) in [6, 6.07) is 10.6. The number of H-pyrrole nitrogens is 1. The Morgan fingerprint density at radius 1 is 1.18 bits per heavy atom. The summed E-state index contributed by atoms with van der Waals surface area (Å²) in [7, 11) is 0. The van der Waals surface area contributed by atoms with Gasteiger partial charge in [0, 0.05) is 49.4 Å². The molecule has 1 fully saturated rings. The zero-order chi connectivity index (χ0) is 23.8. The van der Waals surface area contributed by atoms with E-state index in [1.165, 1.54) is 12.8 Å². The van der Waals surface area contributed by atoms with Gasteiger partial charge in [-0.1, -0.05) is 12.1 Å². The second-order valence-electron chi connectivity index (χ2n) is 8.72. The lowest BCUT2D eigenvalue weighted by atomic mass is 10.1. The molecule has 0 saturated carbocycles. The van der Waals surface area contributed by atoms with Crippen molar-refractivity contribution in [2.24, 2.45) is 16.5 Å². The molecule has 2 aromatic heterocycles. The smallest absolute Gasteiger partial charge is 0.354 e. The van der Waals surface area contributed by atoms with Crippen LogP contribution in [0.5, 0.6) is 0 Å². The maximum Gasteiger partial charge on any atom is 0.354 e. The van der Waals surface area contributed by atoms with E-state index in [1.54, 1.807) is 4.57 Å². The maximum atomic E-state index is 12.6. The van der Waals surface area contributed by atoms with Gasteiger partial charge in [-0.25, -0.2) is 4.79 Å². The van der Waals surface area contributed by atoms with Gasteiger partial charge in [-0.3, -0.25) is 9.56 Å². The minimum absolute atomic E-state index is 0.124. The summed E-state index contributed by atoms with van der Waals surface area (Å²) in [5.74, 6) is 0.124. The largest absolute Gasteiger partial charge is 0.370 e. The molecule has 3 aromatic rings. The fourth-order valence-corrected chi connectivity index (χ4v) is 4.23. The van der Waals surface area contributed by atoms with Crippen molar-refractivity contribution in [2.45, 2.75) is 38.3 Å². The van der Waals surface area contributed by atoms with Crippen molar-refractivity contribution >= 4 is 17.0 Å². The average molecular weight is 466 g/mol. The number of aromatic nitrogens is 3. The molecule has 0 bridgehead atoms. The Hall–Kier alpha value is -3.21. The summed E-state index contributed by atoms with van der Waals surface area (Å²) in [6.07, 6.45) is 5.94. The SMILES string of the molecule is NC(N)=NCCCNCc1ccc(-n2cc3cc(CCNC4CCNCC4)[nH]c3nc2=O)cc1. The number of nitrogens with two attached hydrogens (primary N) is 2. The Morgan fingerprint density at radius 2 is 1.97 bits per heavy atom. The predicted octanol–water partition coefficient (Wildman–Crippen LogP) is 0.351. The van der Waals surface area contributed by atoms with E-state index >= 15 is 0 Å². The lowest BCUT2D eigenvalue weighted by Gasteiger charge is -2.23. The van der Waals surface area contributed by atoms with E-state index in [-0.39, 0.29) is 11.6 Å². The Labute approximate surface area is 199 Å². The first-order valence-electron chi connectivity index (χ1n) is 12.0. The Bertz CT molecular complexity index is 1140. The van der Waals surface area contributed by atoms with Gasteiger partial charge < -0.3 is 32.4 Å². The normalized spacial score (nSPS) is 14.5. The third-order valence-corrected chi connectivity index (χ3v) is 6.08. The highest BCUT2D eigenvalue weighted by atomic mass is 16.1. The minimum Gasteiger partial charge on any atom is -0.370 e. The maximum absolute atomic E-state index is 12.6. The zero-order valence-corrected chi connectivity index (χ0v) is 19.5. The predicted molar refractivity (Wildman–Crippen MR) is 136 cm³/mol. The molecule has 0 spiro atoms. The van der Waals surface area contributed by atoms with Crippen LogP contribution < -0.4 is 33.1 Å². The van der Waals surface area contributed by atoms with E-state index in [0.29, 0.717) is 18.2 Å². The first-order valence-corrected chi connectivity index (χ1v) is 12.0. The van der Waals surface area contributed by atoms with E-state index in [2.05, 4.69) is 37.0 Å². The minimum atomic E-state index is -0.292. The summed E-state index contributed by atoms with van der Waals surface area (Å²) < 4.78 is 1.60. The standard InChI is InChI=1S/C24H35N9O/c25-23(26)30-10-1-9-28-15-17-2-4-21(5-3-17)33-16-18-14-20(31-22(18)32-24(33)34)8-13-29-19-6-11-27-12-7-19/h2-5,14,16,19,27-29H,1,6-13,15H2,(H4,25,26,30)(H,31,32,34). The van der Waals surface area contributed by atoms with E-state index in [9.17, 15) is 4.79 Å². The van der Waals surface area contributed by atoms with Gasteiger partial charge in [-0.05, 0) is 62.7 Å². The molecule has 0 radical (unpaired) electrons. The van der Waals surface area contributed by atoms with Gasteiger partial charge in [0.05, 0.1) is 5.69 Å². The number of aromatic amines is 1. The van der Waals surface area contributed by atoms with Crippen LogP contribution in [0.1, 0.15) is 30.5 Å². The number of hydrogen-bond acceptors (Lipinski definition) is 6. The number of benzene rings is 1. The van der Waals surface area contributed by atoms with Crippen molar-refractivity contribution < 1.29 is 0 Å². The molecular weight excluding hydrogens is 430 g/mol. The lowest BCUT2D eigenvalue weighted by Crippen LogP contribution is -2.40. The van der Waals surface area contributed by atoms with Crippen LogP contribution in [0.15, 0.2) is 46.3 Å². The Kier molecular flexibility index (Phi) is 8.29. The summed E-state index contributed by atoms with van der Waals surface area (Å²) in [5.41, 5.74) is 14.0. The number of nitrogens with zero attached hydrogens (tertiary/aromatic N) is 3. The number of guanidine groups is 1. The van der Waals surface area contributed by atoms with Crippen LogP contribution >= 0.6 is 0 Å². The second-order valence-corrected chi connectivity index (χ2v) is 8.72. The Morgan fingerprint density at radius 3 is 2.74 bits per heavy atom. The quantitative estimate of drug-likeness (QED) is 0.136. The van der Waals surface area contributed by atoms with Crippen LogP contribution in [0.2, 0.25) is 0 Å². The first-order chi connectivity index (χ1) is 16.6. The molecule has 4 rings (SSSR count). The molecule has 182 valence electrons. The molecule has 8 N–H and O–H groups in total. The topological polar surface area (TPSA) is 151 Å². The van der Waals surface area contributed by atoms with Crippen LogP contribution in [-0.4, -0.2) is 59.3 Å². The van der Waals surface area contributed by atoms with Crippen molar-refractivity contribution in [1.82, 2.24) is 30.5 Å². The molecule has 1 aliphatic rings. The third-order valence-electron chi connectivity index (χ3n) is 6.08. The van der Waals surface area contributed by atoms with Gasteiger partial charge in [0.15, 0.2) is 5.96 Å². The molecule has 34 heavy (non-hydrogen) atoms. The second kappa shape index (κ2) is 11.8. The van der Waals surface area contributed by atoms with Gasteiger partial charge in [-0.2, -0.15) is 4.98 Å². The summed E-state index contributed by atoms with van der Waals surface area (Å²) in [4.78, 5) is 24.2. The van der Waals surface area contributed by atoms with Crippen LogP contribution in [0, 0.1) is 0 Å². The van der Waals surface area contributed by atoms with E-state index in [0.717, 1.165) is 67.9 Å². The van der Waals surface area contributed by atoms with Crippen molar-refractivity contribution in [3.05, 3.63) is 58.3 Å². The zero-order valence-electron chi connectivity index (χ0n) is 19.5. The van der Waals surface area contributed by atoms with E-state index in [4.69, 9.17) is 11.5 Å². The summed E-state index contributed by atoms with van der Waals surface area (Å²) >= 11 is 0. The third kappa shape index (κ3) is 6.66. The summed E-state index contributed by atoms with van der Waals surface area (Å²) in [5, 5.41) is 11.3. The van der Waals surface area contributed by atoms with Crippen LogP contribution in [-0.2, 0) is 13.0 Å². The number of rotatable bonds is 11. The number of hydrogen-bond donors (Lipinski definition) is 6. The highest BCUT2D eigenvalue weighted by molar-refractivity contribution is 5.76. The molecule has 3 heterocycles. The number of piperidine rings is 1. The Balaban J connectivity index is 1.33. The molecule has 1 aliphatic heterocycles. The molecule has 1 saturated heterocycles. The molecule has 10 nitrogen and oxygen atoms in total. The highest BCUT2D eigenvalue weighted by Crippen LogP contribution is 2.15. The molecule has 1 aromatic carbocycles. The van der Waals surface area contributed by atoms with Crippen molar-refractivity contribution in [1.29, 1.82) is 0 Å². The molecule has 10 heteroatoms. The lowest BCUT2D eigenvalue weighted by molar-refractivity contribution is 0.389. The van der Waals surface area contributed by atoms with E-state index < -0.39 is 0 Å². The molecule has 0 unspecified atom stereocenters. The van der Waals surface area contributed by atoms with Crippen molar-refractivity contribution in [2.75, 3.05) is 32.7 Å². The van der Waals surface area contributed by atoms with Gasteiger partial charge in [0.25, 0.3) is 0 Å². The number of fused-ring (bicyclic) bond motifs is 1. The van der Waals surface area contributed by atoms with Crippen LogP contribution in [0.3, 0.4) is 0 Å². The fourth-order valence-electron chi connectivity index (χ4n) is 4.23. The van der Waals surface area contributed by atoms with Crippen molar-refractivity contribution in [3.8, 4) is 5.69 Å². The highest BCUT2D eigenvalue weighted by Gasteiger charge is 2.12. The number of nitrogens with one attached hydrogen (secondary N) is 4. The van der Waals surface area contributed by atoms with Gasteiger partial charge >= 0.3 is 5.69 Å². The first kappa shape index (κ1) is 23.9. The monoisotopic (exact) mass is 465 g/mol. The van der Waals surface area contributed by atoms with Crippen molar-refractivity contribution in [3.63, 3.8) is 0 Å². The molecular formula is C24H35N9O. The van der Waals surface area contributed by atoms with Crippen LogP contribution in [0.25, 0.3) is 16.7 Å². The fraction of sp³-hybridized carbons (Fsp3) is 0.458. The van der Waals surface area contributed by atoms with Gasteiger partial charge in [-0.15, -0.1) is 0 Å². The molecule has 0 atom stereocenters. The van der Waals surface area contributed by atoms with Gasteiger partial charge in [0.1, 0.15) is 5.65 Å². The van der Waals surface area contributed by atoms with Gasteiger partial charge in [0.2, 0.25) is 0 Å². The average Bonchev–Trinajstić information content (AvgIpc) is 3.23. The number of aliphatic imine (C=N–C) groups is 1. The summed E-state index contributed by atoms with van der Waals surface area (Å²) in [6.45, 7) is 5.24.